The highest BCUT2D eigenvalue weighted by Crippen LogP contribution is 2.24. The van der Waals surface area contributed by atoms with Crippen LogP contribution in [-0.4, -0.2) is 6.00 Å². The van der Waals surface area contributed by atoms with Crippen LogP contribution in [0.1, 0.15) is 0 Å². The Morgan fingerprint density at radius 1 is 0.765 bits per heavy atom. The first-order valence-electron chi connectivity index (χ1n) is 4.96. The van der Waals surface area contributed by atoms with Gasteiger partial charge in [-0.2, -0.15) is 0 Å². The van der Waals surface area contributed by atoms with Gasteiger partial charge in [0.25, 0.3) is 0 Å². The quantitative estimate of drug-likeness (QED) is 0.605. The predicted octanol–water partition coefficient (Wildman–Crippen LogP) is 4.34. The predicted molar refractivity (Wildman–Crippen MR) is 75.9 cm³/mol. The van der Waals surface area contributed by atoms with Crippen LogP contribution in [0.25, 0.3) is 0 Å². The molecule has 0 radical (unpaired) electrons. The summed E-state index contributed by atoms with van der Waals surface area (Å²) in [5.74, 6) is 1.43. The highest BCUT2D eigenvalue weighted by atomic mass is 35.8. The zero-order chi connectivity index (χ0) is 12.3. The summed E-state index contributed by atoms with van der Waals surface area (Å²) in [4.78, 5) is 0. The van der Waals surface area contributed by atoms with Crippen molar-refractivity contribution in [2.24, 2.45) is 0 Å². The van der Waals surface area contributed by atoms with Crippen molar-refractivity contribution >= 4 is 44.4 Å². The van der Waals surface area contributed by atoms with Gasteiger partial charge in [-0.15, -0.1) is 33.2 Å². The number of benzene rings is 2. The van der Waals surface area contributed by atoms with E-state index in [4.69, 9.17) is 38.0 Å². The van der Waals surface area contributed by atoms with Crippen molar-refractivity contribution in [2.75, 3.05) is 0 Å². The first kappa shape index (κ1) is 12.8. The minimum Gasteiger partial charge on any atom is -0.457 e. The van der Waals surface area contributed by atoms with Crippen LogP contribution in [0.5, 0.6) is 11.5 Å². The van der Waals surface area contributed by atoms with Gasteiger partial charge in [0.05, 0.1) is 0 Å². The van der Waals surface area contributed by atoms with Crippen LogP contribution in [0.15, 0.2) is 54.6 Å². The Hall–Kier alpha value is -0.673. The molecule has 0 spiro atoms. The van der Waals surface area contributed by atoms with Gasteiger partial charge in [-0.1, -0.05) is 30.3 Å². The zero-order valence-corrected chi connectivity index (χ0v) is 12.0. The Morgan fingerprint density at radius 2 is 1.41 bits per heavy atom. The summed E-state index contributed by atoms with van der Waals surface area (Å²) in [5.41, 5.74) is 0. The van der Waals surface area contributed by atoms with E-state index in [1.165, 1.54) is 0 Å². The van der Waals surface area contributed by atoms with Crippen molar-refractivity contribution in [1.29, 1.82) is 0 Å². The molecule has 2 aromatic rings. The molecule has 2 rings (SSSR count). The van der Waals surface area contributed by atoms with E-state index in [2.05, 4.69) is 0 Å². The lowest BCUT2D eigenvalue weighted by Gasteiger charge is -2.10. The number of ether oxygens (including phenoxy) is 1. The van der Waals surface area contributed by atoms with Crippen LogP contribution in [0.2, 0.25) is 0 Å². The van der Waals surface area contributed by atoms with Crippen molar-refractivity contribution in [2.45, 2.75) is 0 Å². The summed E-state index contributed by atoms with van der Waals surface area (Å²) < 4.78 is 5.66. The Labute approximate surface area is 115 Å². The molecular formula is C12H9Cl3OSi. The number of hydrogen-bond donors (Lipinski definition) is 0. The van der Waals surface area contributed by atoms with Crippen LogP contribution in [0.4, 0.5) is 0 Å². The largest absolute Gasteiger partial charge is 0.457 e. The van der Waals surface area contributed by atoms with Crippen molar-refractivity contribution in [3.63, 3.8) is 0 Å². The topological polar surface area (TPSA) is 9.23 Å². The fraction of sp³-hybridized carbons (Fsp3) is 0. The van der Waals surface area contributed by atoms with Gasteiger partial charge < -0.3 is 4.74 Å². The van der Waals surface area contributed by atoms with Gasteiger partial charge in [0.15, 0.2) is 0 Å². The monoisotopic (exact) mass is 302 g/mol. The summed E-state index contributed by atoms with van der Waals surface area (Å²) in [7, 11) is 0. The lowest BCUT2D eigenvalue weighted by molar-refractivity contribution is 0.483. The van der Waals surface area contributed by atoms with E-state index >= 15 is 0 Å². The van der Waals surface area contributed by atoms with Gasteiger partial charge in [0, 0.05) is 0 Å². The molecule has 88 valence electrons. The molecule has 0 amide bonds. The van der Waals surface area contributed by atoms with E-state index in [0.717, 1.165) is 10.9 Å². The highest BCUT2D eigenvalue weighted by molar-refractivity contribution is 7.69. The Balaban J connectivity index is 2.23. The normalized spacial score (nSPS) is 11.2. The van der Waals surface area contributed by atoms with Crippen molar-refractivity contribution < 1.29 is 4.74 Å². The Morgan fingerprint density at radius 3 is 2.06 bits per heavy atom. The van der Waals surface area contributed by atoms with E-state index in [0.29, 0.717) is 5.75 Å². The Bertz CT molecular complexity index is 497. The molecule has 1 nitrogen and oxygen atoms in total. The van der Waals surface area contributed by atoms with Gasteiger partial charge in [-0.25, -0.2) is 0 Å². The number of hydrogen-bond acceptors (Lipinski definition) is 1. The fourth-order valence-corrected chi connectivity index (χ4v) is 3.01. The average molecular weight is 304 g/mol. The molecule has 2 aromatic carbocycles. The van der Waals surface area contributed by atoms with Crippen LogP contribution < -0.4 is 9.92 Å². The van der Waals surface area contributed by atoms with Crippen molar-refractivity contribution in [3.05, 3.63) is 54.6 Å². The molecule has 0 fully saturated rings. The van der Waals surface area contributed by atoms with Gasteiger partial charge in [0.2, 0.25) is 0 Å². The summed E-state index contributed by atoms with van der Waals surface area (Å²) >= 11 is 17.8. The lowest BCUT2D eigenvalue weighted by Crippen LogP contribution is -2.29. The number of halogens is 3. The van der Waals surface area contributed by atoms with E-state index in [1.807, 2.05) is 42.5 Å². The second kappa shape index (κ2) is 5.32. The molecule has 0 saturated carbocycles. The molecule has 0 unspecified atom stereocenters. The van der Waals surface area contributed by atoms with Crippen LogP contribution >= 0.6 is 33.2 Å². The second-order valence-corrected chi connectivity index (χ2v) is 11.9. The molecule has 0 aliphatic rings. The third-order valence-electron chi connectivity index (χ3n) is 2.14. The molecule has 0 N–H and O–H groups in total. The fourth-order valence-electron chi connectivity index (χ4n) is 1.36. The van der Waals surface area contributed by atoms with Crippen LogP contribution in [-0.2, 0) is 0 Å². The molecule has 0 aromatic heterocycles. The lowest BCUT2D eigenvalue weighted by atomic mass is 10.3. The summed E-state index contributed by atoms with van der Waals surface area (Å²) in [6.45, 7) is 0. The van der Waals surface area contributed by atoms with E-state index in [1.54, 1.807) is 12.1 Å². The smallest absolute Gasteiger partial charge is 0.373 e. The number of rotatable bonds is 3. The van der Waals surface area contributed by atoms with Crippen molar-refractivity contribution in [3.8, 4) is 11.5 Å². The average Bonchev–Trinajstić information content (AvgIpc) is 2.29. The van der Waals surface area contributed by atoms with Gasteiger partial charge >= 0.3 is 6.00 Å². The molecule has 5 heteroatoms. The minimum atomic E-state index is -2.85. The SMILES string of the molecule is Cl[Si](Cl)(Cl)c1cccc(Oc2ccccc2)c1. The standard InChI is InChI=1S/C12H9Cl3OSi/c13-17(14,15)12-8-4-7-11(9-12)16-10-5-2-1-3-6-10/h1-9H. The third kappa shape index (κ3) is 3.65. The van der Waals surface area contributed by atoms with Crippen molar-refractivity contribution in [1.82, 2.24) is 0 Å². The summed E-state index contributed by atoms with van der Waals surface area (Å²) in [6.07, 6.45) is 0. The maximum Gasteiger partial charge on any atom is 0.373 e. The maximum atomic E-state index is 5.95. The molecule has 0 atom stereocenters. The molecule has 0 aliphatic heterocycles. The number of para-hydroxylation sites is 1. The van der Waals surface area contributed by atoms with Gasteiger partial charge in [-0.3, -0.25) is 0 Å². The molecule has 0 bridgehead atoms. The van der Waals surface area contributed by atoms with Gasteiger partial charge in [0.1, 0.15) is 11.5 Å². The second-order valence-electron chi connectivity index (χ2n) is 3.44. The molecule has 0 saturated heterocycles. The first-order chi connectivity index (χ1) is 8.05. The Kier molecular flexibility index (Phi) is 3.99. The summed E-state index contributed by atoms with van der Waals surface area (Å²) in [6, 6.07) is 13.9. The highest BCUT2D eigenvalue weighted by Gasteiger charge is 2.28. The molecule has 17 heavy (non-hydrogen) atoms. The van der Waals surface area contributed by atoms with E-state index in [-0.39, 0.29) is 0 Å². The zero-order valence-electron chi connectivity index (χ0n) is 8.74. The van der Waals surface area contributed by atoms with E-state index < -0.39 is 6.00 Å². The third-order valence-corrected chi connectivity index (χ3v) is 5.07. The van der Waals surface area contributed by atoms with Crippen LogP contribution in [0.3, 0.4) is 0 Å². The molecule has 0 heterocycles. The maximum absolute atomic E-state index is 5.95. The van der Waals surface area contributed by atoms with Crippen LogP contribution in [0, 0.1) is 0 Å². The summed E-state index contributed by atoms with van der Waals surface area (Å²) in [5, 5.41) is 0.718. The van der Waals surface area contributed by atoms with E-state index in [9.17, 15) is 0 Å². The first-order valence-corrected chi connectivity index (χ1v) is 9.99. The molecular weight excluding hydrogens is 295 g/mol. The molecule has 0 aliphatic carbocycles. The van der Waals surface area contributed by atoms with Gasteiger partial charge in [-0.05, 0) is 29.5 Å². The minimum absolute atomic E-state index is 0.674.